The summed E-state index contributed by atoms with van der Waals surface area (Å²) in [7, 11) is 0. The van der Waals surface area contributed by atoms with Gasteiger partial charge in [-0.05, 0) is 116 Å². The molecule has 0 unspecified atom stereocenters. The second-order valence-electron chi connectivity index (χ2n) is 12.6. The molecule has 1 heterocycles. The number of thiophene rings is 1. The van der Waals surface area contributed by atoms with Crippen LogP contribution in [0.4, 0.5) is 0 Å². The predicted octanol–water partition coefficient (Wildman–Crippen LogP) is 15.7. The molecule has 264 valence electrons. The van der Waals surface area contributed by atoms with E-state index in [9.17, 15) is 0 Å². The van der Waals surface area contributed by atoms with Gasteiger partial charge in [0.05, 0.1) is 0 Å². The fourth-order valence-corrected chi connectivity index (χ4v) is 7.15. The minimum Gasteiger partial charge on any atom is -0.136 e. The third-order valence-electron chi connectivity index (χ3n) is 8.65. The van der Waals surface area contributed by atoms with Crippen molar-refractivity contribution in [1.82, 2.24) is 0 Å². The molecule has 0 bridgehead atoms. The number of rotatable bonds is 6. The maximum atomic E-state index is 2.32. The van der Waals surface area contributed by atoms with Crippen LogP contribution in [0.3, 0.4) is 0 Å². The van der Waals surface area contributed by atoms with Gasteiger partial charge in [-0.15, -0.1) is 11.3 Å². The molecule has 0 fully saturated rings. The van der Waals surface area contributed by atoms with Crippen LogP contribution in [0.2, 0.25) is 0 Å². The summed E-state index contributed by atoms with van der Waals surface area (Å²) in [6, 6.07) is 45.0. The van der Waals surface area contributed by atoms with Gasteiger partial charge in [-0.1, -0.05) is 183 Å². The number of hydrogen-bond acceptors (Lipinski definition) is 1. The molecule has 52 heavy (non-hydrogen) atoms. The van der Waals surface area contributed by atoms with Gasteiger partial charge in [0.2, 0.25) is 0 Å². The highest BCUT2D eigenvalue weighted by atomic mass is 32.1. The fraction of sp³-hybridized carbons (Fsp3) is 0.176. The van der Waals surface area contributed by atoms with Gasteiger partial charge < -0.3 is 0 Å². The van der Waals surface area contributed by atoms with Crippen LogP contribution in [-0.2, 0) is 6.42 Å². The van der Waals surface area contributed by atoms with Crippen molar-refractivity contribution in [2.24, 2.45) is 0 Å². The van der Waals surface area contributed by atoms with Crippen LogP contribution in [-0.4, -0.2) is 0 Å². The SMILES string of the molecule is CC.C\C=C/C(C)=C(/C=C\c1ccc2c3c(sc2c1)C=CCC3)\C=C\C.Cc1ccc(-c2cccc(-c3ccccc3)c2)cc1.Cc1ccccc1. The van der Waals surface area contributed by atoms with Gasteiger partial charge >= 0.3 is 0 Å². The van der Waals surface area contributed by atoms with Crippen LogP contribution < -0.4 is 0 Å². The van der Waals surface area contributed by atoms with Crippen molar-refractivity contribution in [3.05, 3.63) is 202 Å². The number of hydrogen-bond donors (Lipinski definition) is 0. The van der Waals surface area contributed by atoms with Gasteiger partial charge in [0.1, 0.15) is 0 Å². The summed E-state index contributed by atoms with van der Waals surface area (Å²) in [6.45, 7) is 14.5. The summed E-state index contributed by atoms with van der Waals surface area (Å²) < 4.78 is 1.40. The van der Waals surface area contributed by atoms with Gasteiger partial charge in [-0.3, -0.25) is 0 Å². The van der Waals surface area contributed by atoms with Crippen molar-refractivity contribution in [3.8, 4) is 22.3 Å². The molecular weight excluding hydrogens is 645 g/mol. The third-order valence-corrected chi connectivity index (χ3v) is 9.81. The van der Waals surface area contributed by atoms with E-state index in [1.807, 2.05) is 49.4 Å². The minimum atomic E-state index is 1.17. The largest absolute Gasteiger partial charge is 0.136 e. The van der Waals surface area contributed by atoms with E-state index in [1.165, 1.54) is 83.5 Å². The maximum Gasteiger partial charge on any atom is 0.0357 e. The first-order chi connectivity index (χ1) is 25.4. The van der Waals surface area contributed by atoms with E-state index < -0.39 is 0 Å². The normalized spacial score (nSPS) is 12.4. The highest BCUT2D eigenvalue weighted by molar-refractivity contribution is 7.20. The summed E-state index contributed by atoms with van der Waals surface area (Å²) in [4.78, 5) is 1.44. The lowest BCUT2D eigenvalue weighted by molar-refractivity contribution is 1.01. The Morgan fingerprint density at radius 1 is 0.596 bits per heavy atom. The Morgan fingerprint density at radius 2 is 1.19 bits per heavy atom. The van der Waals surface area contributed by atoms with E-state index >= 15 is 0 Å². The van der Waals surface area contributed by atoms with E-state index in [0.29, 0.717) is 0 Å². The molecule has 0 saturated carbocycles. The Labute approximate surface area is 317 Å². The monoisotopic (exact) mass is 698 g/mol. The molecule has 1 aliphatic rings. The van der Waals surface area contributed by atoms with Crippen LogP contribution in [0.5, 0.6) is 0 Å². The van der Waals surface area contributed by atoms with E-state index in [0.717, 1.165) is 0 Å². The lowest BCUT2D eigenvalue weighted by atomic mass is 9.99. The number of aryl methyl sites for hydroxylation is 3. The molecule has 0 nitrogen and oxygen atoms in total. The molecule has 0 atom stereocenters. The van der Waals surface area contributed by atoms with Crippen molar-refractivity contribution in [2.75, 3.05) is 0 Å². The Balaban J connectivity index is 0.000000191. The second-order valence-corrected chi connectivity index (χ2v) is 13.7. The second kappa shape index (κ2) is 21.2. The molecule has 1 aromatic heterocycles. The zero-order chi connectivity index (χ0) is 37.1. The van der Waals surface area contributed by atoms with Crippen molar-refractivity contribution < 1.29 is 0 Å². The van der Waals surface area contributed by atoms with E-state index in [1.54, 1.807) is 0 Å². The molecule has 1 heteroatoms. The molecule has 0 N–H and O–H groups in total. The summed E-state index contributed by atoms with van der Waals surface area (Å²) >= 11 is 1.91. The summed E-state index contributed by atoms with van der Waals surface area (Å²) in [5, 5.41) is 1.44. The molecule has 0 radical (unpaired) electrons. The number of benzene rings is 5. The zero-order valence-electron chi connectivity index (χ0n) is 32.1. The molecule has 0 spiro atoms. The molecule has 5 aromatic carbocycles. The van der Waals surface area contributed by atoms with Gasteiger partial charge in [-0.2, -0.15) is 0 Å². The van der Waals surface area contributed by atoms with E-state index in [-0.39, 0.29) is 0 Å². The number of fused-ring (bicyclic) bond motifs is 3. The van der Waals surface area contributed by atoms with Crippen molar-refractivity contribution in [1.29, 1.82) is 0 Å². The van der Waals surface area contributed by atoms with E-state index in [2.05, 4.69) is 186 Å². The van der Waals surface area contributed by atoms with Crippen LogP contribution in [0.1, 0.15) is 68.2 Å². The molecule has 0 amide bonds. The Bertz CT molecular complexity index is 2120. The zero-order valence-corrected chi connectivity index (χ0v) is 32.9. The Kier molecular flexibility index (Phi) is 16.1. The summed E-state index contributed by atoms with van der Waals surface area (Å²) in [6.07, 6.45) is 19.8. The highest BCUT2D eigenvalue weighted by Gasteiger charge is 2.12. The standard InChI is InChI=1S/C23H24S.C19H16.C7H8.C2H6/c1-4-8-17(3)19(9-5-2)14-12-18-13-15-21-20-10-6-7-11-22(20)24-23(21)16-18;1-15-10-12-17(13-11-15)19-9-5-8-18(14-19)16-6-3-2-4-7-16;1-7-5-3-2-4-6-7;1-2/h4-5,7-9,11-16H,6,10H2,1-3H3;2-14H,1H3;2-6H,1H3;1-2H3/b8-4-,9-5+,14-12-,19-17+;;;. The molecule has 0 aliphatic heterocycles. The van der Waals surface area contributed by atoms with Crippen LogP contribution in [0.15, 0.2) is 175 Å². The van der Waals surface area contributed by atoms with Crippen molar-refractivity contribution in [2.45, 2.75) is 61.3 Å². The number of allylic oxidation sites excluding steroid dienone is 8. The lowest BCUT2D eigenvalue weighted by Crippen LogP contribution is -1.88. The van der Waals surface area contributed by atoms with Gasteiger partial charge in [0, 0.05) is 9.58 Å². The van der Waals surface area contributed by atoms with Gasteiger partial charge in [-0.25, -0.2) is 0 Å². The highest BCUT2D eigenvalue weighted by Crippen LogP contribution is 2.36. The maximum absolute atomic E-state index is 2.32. The average Bonchev–Trinajstić information content (AvgIpc) is 3.57. The van der Waals surface area contributed by atoms with Crippen LogP contribution in [0, 0.1) is 13.8 Å². The quantitative estimate of drug-likeness (QED) is 0.152. The molecule has 6 aromatic rings. The molecular formula is C51H54S. The van der Waals surface area contributed by atoms with Gasteiger partial charge in [0.25, 0.3) is 0 Å². The Hall–Kier alpha value is -5.24. The molecule has 0 saturated heterocycles. The smallest absolute Gasteiger partial charge is 0.0357 e. The van der Waals surface area contributed by atoms with Crippen LogP contribution >= 0.6 is 11.3 Å². The molecule has 7 rings (SSSR count). The van der Waals surface area contributed by atoms with E-state index in [4.69, 9.17) is 0 Å². The van der Waals surface area contributed by atoms with Crippen molar-refractivity contribution in [3.63, 3.8) is 0 Å². The average molecular weight is 699 g/mol. The first-order valence-electron chi connectivity index (χ1n) is 18.6. The lowest BCUT2D eigenvalue weighted by Gasteiger charge is -2.06. The van der Waals surface area contributed by atoms with Gasteiger partial charge in [0.15, 0.2) is 0 Å². The van der Waals surface area contributed by atoms with Crippen molar-refractivity contribution >= 4 is 33.6 Å². The first-order valence-corrected chi connectivity index (χ1v) is 19.4. The molecule has 1 aliphatic carbocycles. The minimum absolute atomic E-state index is 1.17. The predicted molar refractivity (Wildman–Crippen MR) is 235 cm³/mol. The fourth-order valence-electron chi connectivity index (χ4n) is 5.92. The topological polar surface area (TPSA) is 0 Å². The first kappa shape index (κ1) is 39.5. The van der Waals surface area contributed by atoms with Crippen LogP contribution in [0.25, 0.3) is 44.5 Å². The summed E-state index contributed by atoms with van der Waals surface area (Å²) in [5.41, 5.74) is 13.0. The Morgan fingerprint density at radius 3 is 1.81 bits per heavy atom. The third kappa shape index (κ3) is 11.7. The summed E-state index contributed by atoms with van der Waals surface area (Å²) in [5.74, 6) is 0.